The molecule has 1 aliphatic heterocycles. The number of carbonyl (C=O) groups excluding carboxylic acids is 1. The first-order chi connectivity index (χ1) is 9.11. The Morgan fingerprint density at radius 3 is 2.84 bits per heavy atom. The summed E-state index contributed by atoms with van der Waals surface area (Å²) in [5, 5.41) is 3.12. The highest BCUT2D eigenvalue weighted by Gasteiger charge is 2.17. The van der Waals surface area contributed by atoms with Crippen molar-refractivity contribution in [2.45, 2.75) is 26.2 Å². The van der Waals surface area contributed by atoms with Crippen LogP contribution >= 0.6 is 0 Å². The fraction of sp³-hybridized carbons (Fsp3) is 0.467. The Morgan fingerprint density at radius 2 is 2.26 bits per heavy atom. The lowest BCUT2D eigenvalue weighted by molar-refractivity contribution is 0.0997. The Bertz CT molecular complexity index is 507. The van der Waals surface area contributed by atoms with E-state index in [0.717, 1.165) is 24.5 Å². The van der Waals surface area contributed by atoms with E-state index in [1.54, 1.807) is 7.11 Å². The smallest absolute Gasteiger partial charge is 0.174 e. The molecule has 1 aromatic carbocycles. The largest absolute Gasteiger partial charge is 0.496 e. The van der Waals surface area contributed by atoms with Gasteiger partial charge in [0.2, 0.25) is 0 Å². The van der Waals surface area contributed by atoms with Gasteiger partial charge in [-0.1, -0.05) is 19.9 Å². The minimum absolute atomic E-state index is 0.0486. The molecule has 0 aromatic heterocycles. The van der Waals surface area contributed by atoms with Crippen molar-refractivity contribution in [3.63, 3.8) is 0 Å². The average molecular weight is 260 g/mol. The molecule has 0 bridgehead atoms. The summed E-state index contributed by atoms with van der Waals surface area (Å²) < 4.78 is 5.28. The third kappa shape index (κ3) is 3.13. The summed E-state index contributed by atoms with van der Waals surface area (Å²) in [5.74, 6) is 1.85. The predicted molar refractivity (Wildman–Crippen MR) is 76.3 cm³/mol. The van der Waals surface area contributed by atoms with Crippen LogP contribution in [0, 0.1) is 0 Å². The van der Waals surface area contributed by atoms with Gasteiger partial charge in [0.15, 0.2) is 5.78 Å². The Kier molecular flexibility index (Phi) is 4.20. The van der Waals surface area contributed by atoms with Crippen LogP contribution in [0.3, 0.4) is 0 Å². The third-order valence-corrected chi connectivity index (χ3v) is 3.26. The van der Waals surface area contributed by atoms with Crippen LogP contribution in [0.4, 0.5) is 0 Å². The molecule has 0 radical (unpaired) electrons. The minimum atomic E-state index is 0.0486. The first kappa shape index (κ1) is 13.6. The van der Waals surface area contributed by atoms with E-state index >= 15 is 0 Å². The fourth-order valence-corrected chi connectivity index (χ4v) is 2.12. The van der Waals surface area contributed by atoms with Crippen LogP contribution in [0.25, 0.3) is 0 Å². The van der Waals surface area contributed by atoms with E-state index < -0.39 is 0 Å². The van der Waals surface area contributed by atoms with E-state index in [1.807, 2.05) is 18.2 Å². The Hall–Kier alpha value is -1.84. The van der Waals surface area contributed by atoms with Crippen LogP contribution < -0.4 is 10.1 Å². The zero-order valence-corrected chi connectivity index (χ0v) is 11.7. The van der Waals surface area contributed by atoms with Gasteiger partial charge in [-0.2, -0.15) is 0 Å². The maximum atomic E-state index is 12.4. The monoisotopic (exact) mass is 260 g/mol. The average Bonchev–Trinajstić information content (AvgIpc) is 2.90. The molecule has 0 amide bonds. The predicted octanol–water partition coefficient (Wildman–Crippen LogP) is 2.39. The topological polar surface area (TPSA) is 50.7 Å². The van der Waals surface area contributed by atoms with Gasteiger partial charge in [0.25, 0.3) is 0 Å². The third-order valence-electron chi connectivity index (χ3n) is 3.26. The highest BCUT2D eigenvalue weighted by molar-refractivity contribution is 6.10. The number of hydrogen-bond acceptors (Lipinski definition) is 4. The number of benzene rings is 1. The number of hydrogen-bond donors (Lipinski definition) is 1. The van der Waals surface area contributed by atoms with Crippen LogP contribution in [0.5, 0.6) is 5.75 Å². The fourth-order valence-electron chi connectivity index (χ4n) is 2.12. The second-order valence-electron chi connectivity index (χ2n) is 4.97. The first-order valence-corrected chi connectivity index (χ1v) is 6.60. The summed E-state index contributed by atoms with van der Waals surface area (Å²) in [4.78, 5) is 16.6. The van der Waals surface area contributed by atoms with Crippen molar-refractivity contribution in [1.82, 2.24) is 5.32 Å². The summed E-state index contributed by atoms with van der Waals surface area (Å²) in [6.45, 7) is 5.80. The second kappa shape index (κ2) is 5.87. The summed E-state index contributed by atoms with van der Waals surface area (Å²) in [5.41, 5.74) is 1.79. The molecule has 0 fully saturated rings. The van der Waals surface area contributed by atoms with Crippen LogP contribution in [0.1, 0.15) is 42.1 Å². The maximum Gasteiger partial charge on any atom is 0.174 e. The number of nitrogens with zero attached hydrogens (tertiary/aromatic N) is 1. The molecule has 1 heterocycles. The quantitative estimate of drug-likeness (QED) is 0.827. The van der Waals surface area contributed by atoms with Crippen molar-refractivity contribution in [1.29, 1.82) is 0 Å². The molecule has 0 saturated carbocycles. The standard InChI is InChI=1S/C15H20N2O2/c1-10(2)11-4-5-14(19-3)12(8-11)13(18)9-15-16-6-7-17-15/h4-5,8,10H,6-7,9H2,1-3H3,(H,16,17). The van der Waals surface area contributed by atoms with Crippen molar-refractivity contribution in [2.75, 3.05) is 20.2 Å². The molecule has 1 N–H and O–H groups in total. The zero-order valence-electron chi connectivity index (χ0n) is 11.7. The molecular formula is C15H20N2O2. The van der Waals surface area contributed by atoms with E-state index in [1.165, 1.54) is 0 Å². The van der Waals surface area contributed by atoms with Gasteiger partial charge in [0.05, 0.1) is 25.6 Å². The molecule has 0 spiro atoms. The van der Waals surface area contributed by atoms with Crippen molar-refractivity contribution in [3.8, 4) is 5.75 Å². The highest BCUT2D eigenvalue weighted by atomic mass is 16.5. The van der Waals surface area contributed by atoms with Crippen molar-refractivity contribution >= 4 is 11.6 Å². The van der Waals surface area contributed by atoms with Crippen LogP contribution in [-0.4, -0.2) is 31.8 Å². The summed E-state index contributed by atoms with van der Waals surface area (Å²) in [6.07, 6.45) is 0.317. The van der Waals surface area contributed by atoms with Crippen LogP contribution in [0.15, 0.2) is 23.2 Å². The van der Waals surface area contributed by atoms with Gasteiger partial charge in [-0.25, -0.2) is 0 Å². The van der Waals surface area contributed by atoms with Gasteiger partial charge in [-0.05, 0) is 23.6 Å². The number of ketones is 1. The summed E-state index contributed by atoms with van der Waals surface area (Å²) in [6, 6.07) is 5.80. The van der Waals surface area contributed by atoms with E-state index in [4.69, 9.17) is 4.74 Å². The van der Waals surface area contributed by atoms with Gasteiger partial charge in [0.1, 0.15) is 11.6 Å². The summed E-state index contributed by atoms with van der Waals surface area (Å²) in [7, 11) is 1.59. The van der Waals surface area contributed by atoms with Crippen LogP contribution in [0.2, 0.25) is 0 Å². The molecule has 19 heavy (non-hydrogen) atoms. The van der Waals surface area contributed by atoms with Gasteiger partial charge >= 0.3 is 0 Å². The van der Waals surface area contributed by atoms with E-state index in [0.29, 0.717) is 23.7 Å². The minimum Gasteiger partial charge on any atom is -0.496 e. The number of aliphatic imine (C=N–C) groups is 1. The van der Waals surface area contributed by atoms with Crippen molar-refractivity contribution < 1.29 is 9.53 Å². The lowest BCUT2D eigenvalue weighted by atomic mass is 9.97. The molecule has 0 unspecified atom stereocenters. The number of carbonyl (C=O) groups is 1. The molecule has 1 aromatic rings. The molecule has 0 atom stereocenters. The molecule has 2 rings (SSSR count). The molecule has 0 aliphatic carbocycles. The highest BCUT2D eigenvalue weighted by Crippen LogP contribution is 2.25. The second-order valence-corrected chi connectivity index (χ2v) is 4.97. The number of Topliss-reactive ketones (excluding diaryl/α,β-unsaturated/α-hetero) is 1. The Balaban J connectivity index is 2.25. The SMILES string of the molecule is COc1ccc(C(C)C)cc1C(=O)CC1=NCCN1. The lowest BCUT2D eigenvalue weighted by Crippen LogP contribution is -2.22. The van der Waals surface area contributed by atoms with E-state index in [2.05, 4.69) is 24.2 Å². The number of methoxy groups -OCH3 is 1. The van der Waals surface area contributed by atoms with Gasteiger partial charge in [-0.15, -0.1) is 0 Å². The summed E-state index contributed by atoms with van der Waals surface area (Å²) >= 11 is 0. The number of ether oxygens (including phenoxy) is 1. The first-order valence-electron chi connectivity index (χ1n) is 6.60. The van der Waals surface area contributed by atoms with E-state index in [9.17, 15) is 4.79 Å². The van der Waals surface area contributed by atoms with Crippen LogP contribution in [-0.2, 0) is 0 Å². The number of nitrogens with one attached hydrogen (secondary N) is 1. The molecule has 102 valence electrons. The van der Waals surface area contributed by atoms with Crippen molar-refractivity contribution in [3.05, 3.63) is 29.3 Å². The normalized spacial score (nSPS) is 14.2. The molecule has 0 saturated heterocycles. The lowest BCUT2D eigenvalue weighted by Gasteiger charge is -2.12. The van der Waals surface area contributed by atoms with Gasteiger partial charge in [-0.3, -0.25) is 9.79 Å². The zero-order chi connectivity index (χ0) is 13.8. The van der Waals surface area contributed by atoms with Gasteiger partial charge in [0, 0.05) is 6.54 Å². The molecular weight excluding hydrogens is 240 g/mol. The molecule has 4 nitrogen and oxygen atoms in total. The molecule has 1 aliphatic rings. The maximum absolute atomic E-state index is 12.4. The number of amidine groups is 1. The van der Waals surface area contributed by atoms with E-state index in [-0.39, 0.29) is 5.78 Å². The van der Waals surface area contributed by atoms with Crippen molar-refractivity contribution in [2.24, 2.45) is 4.99 Å². The molecule has 4 heteroatoms. The Labute approximate surface area is 113 Å². The number of rotatable bonds is 5. The Morgan fingerprint density at radius 1 is 1.47 bits per heavy atom. The van der Waals surface area contributed by atoms with Gasteiger partial charge < -0.3 is 10.1 Å².